The van der Waals surface area contributed by atoms with E-state index < -0.39 is 11.7 Å². The van der Waals surface area contributed by atoms with Crippen molar-refractivity contribution in [2.24, 2.45) is 0 Å². The highest BCUT2D eigenvalue weighted by molar-refractivity contribution is 7.07. The van der Waals surface area contributed by atoms with Crippen molar-refractivity contribution in [1.29, 1.82) is 0 Å². The fraction of sp³-hybridized carbons (Fsp3) is 0.286. The monoisotopic (exact) mass is 448 g/mol. The Morgan fingerprint density at radius 3 is 2.55 bits per heavy atom. The van der Waals surface area contributed by atoms with E-state index in [0.29, 0.717) is 49.9 Å². The van der Waals surface area contributed by atoms with Crippen LogP contribution in [0.15, 0.2) is 53.5 Å². The van der Waals surface area contributed by atoms with Gasteiger partial charge < -0.3 is 14.5 Å². The lowest BCUT2D eigenvalue weighted by Crippen LogP contribution is -2.49. The first kappa shape index (κ1) is 21.1. The number of benzene rings is 1. The van der Waals surface area contributed by atoms with Crippen molar-refractivity contribution < 1.29 is 22.7 Å². The van der Waals surface area contributed by atoms with Crippen LogP contribution in [0.3, 0.4) is 0 Å². The summed E-state index contributed by atoms with van der Waals surface area (Å²) in [5, 5.41) is 1.90. The minimum absolute atomic E-state index is 0.112. The van der Waals surface area contributed by atoms with E-state index in [-0.39, 0.29) is 5.91 Å². The Morgan fingerprint density at radius 1 is 1.10 bits per heavy atom. The fourth-order valence-corrected chi connectivity index (χ4v) is 3.79. The van der Waals surface area contributed by atoms with Crippen molar-refractivity contribution in [1.82, 2.24) is 14.9 Å². The Labute approximate surface area is 180 Å². The lowest BCUT2D eigenvalue weighted by Gasteiger charge is -2.35. The molecule has 0 saturated carbocycles. The minimum atomic E-state index is -4.41. The summed E-state index contributed by atoms with van der Waals surface area (Å²) in [6, 6.07) is 9.39. The highest BCUT2D eigenvalue weighted by Crippen LogP contribution is 2.29. The van der Waals surface area contributed by atoms with Crippen molar-refractivity contribution in [2.45, 2.75) is 12.8 Å². The van der Waals surface area contributed by atoms with Gasteiger partial charge >= 0.3 is 6.18 Å². The zero-order chi connectivity index (χ0) is 21.8. The standard InChI is InChI=1S/C21H19F3N4O2S/c22-21(23,24)16-4-5-19(25-11-16)27-6-8-28(9-7-27)20(29)15-2-1-3-18(10-15)30-12-17-13-31-14-26-17/h1-5,10-11,13-14H,6-9,12H2. The van der Waals surface area contributed by atoms with Crippen LogP contribution >= 0.6 is 11.3 Å². The van der Waals surface area contributed by atoms with E-state index in [2.05, 4.69) is 9.97 Å². The summed E-state index contributed by atoms with van der Waals surface area (Å²) in [6.07, 6.45) is -3.57. The zero-order valence-corrected chi connectivity index (χ0v) is 17.2. The molecule has 0 atom stereocenters. The van der Waals surface area contributed by atoms with Crippen molar-refractivity contribution in [3.05, 3.63) is 70.3 Å². The van der Waals surface area contributed by atoms with Crippen LogP contribution in [0.5, 0.6) is 5.75 Å². The van der Waals surface area contributed by atoms with Gasteiger partial charge in [0.2, 0.25) is 0 Å². The van der Waals surface area contributed by atoms with Gasteiger partial charge in [-0.2, -0.15) is 13.2 Å². The largest absolute Gasteiger partial charge is 0.487 e. The second-order valence-electron chi connectivity index (χ2n) is 6.98. The molecule has 4 rings (SSSR count). The van der Waals surface area contributed by atoms with Crippen LogP contribution < -0.4 is 9.64 Å². The summed E-state index contributed by atoms with van der Waals surface area (Å²) in [5.74, 6) is 0.947. The van der Waals surface area contributed by atoms with Crippen molar-refractivity contribution >= 4 is 23.1 Å². The number of ether oxygens (including phenoxy) is 1. The lowest BCUT2D eigenvalue weighted by molar-refractivity contribution is -0.137. The number of amides is 1. The number of pyridine rings is 1. The number of carbonyl (C=O) groups excluding carboxylic acids is 1. The number of hydrogen-bond acceptors (Lipinski definition) is 6. The summed E-state index contributed by atoms with van der Waals surface area (Å²) in [7, 11) is 0. The van der Waals surface area contributed by atoms with Crippen LogP contribution in [0.25, 0.3) is 0 Å². The highest BCUT2D eigenvalue weighted by atomic mass is 32.1. The third-order valence-electron chi connectivity index (χ3n) is 4.92. The molecule has 0 radical (unpaired) electrons. The number of piperazine rings is 1. The van der Waals surface area contributed by atoms with Gasteiger partial charge in [-0.3, -0.25) is 4.79 Å². The number of nitrogens with zero attached hydrogens (tertiary/aromatic N) is 4. The molecule has 2 aromatic heterocycles. The third kappa shape index (κ3) is 5.13. The molecule has 1 aromatic carbocycles. The summed E-state index contributed by atoms with van der Waals surface area (Å²) < 4.78 is 43.8. The fourth-order valence-electron chi connectivity index (χ4n) is 3.25. The number of rotatable bonds is 5. The van der Waals surface area contributed by atoms with E-state index in [4.69, 9.17) is 4.74 Å². The molecule has 3 aromatic rings. The molecule has 0 bridgehead atoms. The van der Waals surface area contributed by atoms with E-state index in [0.717, 1.165) is 18.0 Å². The number of alkyl halides is 3. The first-order valence-corrected chi connectivity index (χ1v) is 10.5. The van der Waals surface area contributed by atoms with E-state index >= 15 is 0 Å². The van der Waals surface area contributed by atoms with Gasteiger partial charge in [0.05, 0.1) is 16.8 Å². The summed E-state index contributed by atoms with van der Waals surface area (Å²) in [4.78, 5) is 24.6. The molecule has 0 unspecified atom stereocenters. The van der Waals surface area contributed by atoms with Gasteiger partial charge in [0.25, 0.3) is 5.91 Å². The van der Waals surface area contributed by atoms with Crippen LogP contribution in [-0.4, -0.2) is 47.0 Å². The minimum Gasteiger partial charge on any atom is -0.487 e. The topological polar surface area (TPSA) is 58.6 Å². The second kappa shape index (κ2) is 8.93. The molecule has 0 spiro atoms. The molecule has 1 saturated heterocycles. The molecule has 1 amide bonds. The molecule has 31 heavy (non-hydrogen) atoms. The van der Waals surface area contributed by atoms with Crippen LogP contribution in [0.2, 0.25) is 0 Å². The third-order valence-corrected chi connectivity index (χ3v) is 5.55. The van der Waals surface area contributed by atoms with Crippen molar-refractivity contribution in [3.8, 4) is 5.75 Å². The molecule has 1 aliphatic rings. The Morgan fingerprint density at radius 2 is 1.90 bits per heavy atom. The van der Waals surface area contributed by atoms with Crippen molar-refractivity contribution in [3.63, 3.8) is 0 Å². The Hall–Kier alpha value is -3.14. The van der Waals surface area contributed by atoms with Crippen LogP contribution in [0, 0.1) is 0 Å². The predicted octanol–water partition coefficient (Wildman–Crippen LogP) is 4.10. The van der Waals surface area contributed by atoms with Gasteiger partial charge in [0, 0.05) is 43.3 Å². The maximum Gasteiger partial charge on any atom is 0.417 e. The van der Waals surface area contributed by atoms with Gasteiger partial charge in [0.15, 0.2) is 0 Å². The molecule has 1 fully saturated rings. The maximum atomic E-state index is 12.9. The summed E-state index contributed by atoms with van der Waals surface area (Å²) in [6.45, 7) is 2.21. The van der Waals surface area contributed by atoms with Gasteiger partial charge in [-0.1, -0.05) is 6.07 Å². The van der Waals surface area contributed by atoms with E-state index in [1.807, 2.05) is 10.3 Å². The molecule has 3 heterocycles. The number of halogens is 3. The first-order chi connectivity index (χ1) is 14.9. The Balaban J connectivity index is 1.34. The summed E-state index contributed by atoms with van der Waals surface area (Å²) >= 11 is 1.49. The predicted molar refractivity (Wildman–Crippen MR) is 110 cm³/mol. The zero-order valence-electron chi connectivity index (χ0n) is 16.4. The molecular formula is C21H19F3N4O2S. The second-order valence-corrected chi connectivity index (χ2v) is 7.70. The Bertz CT molecular complexity index is 1020. The van der Waals surface area contributed by atoms with Crippen molar-refractivity contribution in [2.75, 3.05) is 31.1 Å². The van der Waals surface area contributed by atoms with Gasteiger partial charge in [-0.25, -0.2) is 9.97 Å². The van der Waals surface area contributed by atoms with Gasteiger partial charge in [0.1, 0.15) is 18.2 Å². The quantitative estimate of drug-likeness (QED) is 0.588. The Kier molecular flexibility index (Phi) is 6.08. The van der Waals surface area contributed by atoms with Crippen LogP contribution in [-0.2, 0) is 12.8 Å². The maximum absolute atomic E-state index is 12.9. The van der Waals surface area contributed by atoms with Gasteiger partial charge in [-0.05, 0) is 30.3 Å². The van der Waals surface area contributed by atoms with E-state index in [9.17, 15) is 18.0 Å². The number of thiazole rings is 1. The molecule has 1 aliphatic heterocycles. The number of carbonyl (C=O) groups is 1. The molecule has 162 valence electrons. The highest BCUT2D eigenvalue weighted by Gasteiger charge is 2.31. The molecule has 0 aliphatic carbocycles. The summed E-state index contributed by atoms with van der Waals surface area (Å²) in [5.41, 5.74) is 2.31. The SMILES string of the molecule is O=C(c1cccc(OCc2cscn2)c1)N1CCN(c2ccc(C(F)(F)F)cn2)CC1. The number of aromatic nitrogens is 2. The van der Waals surface area contributed by atoms with E-state index in [1.54, 1.807) is 34.7 Å². The van der Waals surface area contributed by atoms with Crippen LogP contribution in [0.1, 0.15) is 21.6 Å². The van der Waals surface area contributed by atoms with Crippen LogP contribution in [0.4, 0.5) is 19.0 Å². The first-order valence-electron chi connectivity index (χ1n) is 9.57. The molecular weight excluding hydrogens is 429 g/mol. The normalized spacial score (nSPS) is 14.5. The molecule has 6 nitrogen and oxygen atoms in total. The number of anilines is 1. The lowest BCUT2D eigenvalue weighted by atomic mass is 10.1. The molecule has 0 N–H and O–H groups in total. The smallest absolute Gasteiger partial charge is 0.417 e. The van der Waals surface area contributed by atoms with Gasteiger partial charge in [-0.15, -0.1) is 11.3 Å². The van der Waals surface area contributed by atoms with E-state index in [1.165, 1.54) is 17.4 Å². The number of hydrogen-bond donors (Lipinski definition) is 0. The molecule has 10 heteroatoms. The average molecular weight is 448 g/mol. The average Bonchev–Trinajstić information content (AvgIpc) is 3.31.